The molecule has 4 nitrogen and oxygen atoms in total. The van der Waals surface area contributed by atoms with E-state index in [0.717, 1.165) is 36.4 Å². The van der Waals surface area contributed by atoms with Crippen LogP contribution in [-0.4, -0.2) is 44.5 Å². The first kappa shape index (κ1) is 21.3. The van der Waals surface area contributed by atoms with Gasteiger partial charge < -0.3 is 15.4 Å². The van der Waals surface area contributed by atoms with Gasteiger partial charge in [0.25, 0.3) is 5.91 Å². The number of rotatable bonds is 7. The molecule has 1 fully saturated rings. The molecule has 0 atom stereocenters. The summed E-state index contributed by atoms with van der Waals surface area (Å²) in [6.45, 7) is 7.61. The number of nitrogens with one attached hydrogen (secondary N) is 2. The highest BCUT2D eigenvalue weighted by molar-refractivity contribution is 8.00. The Labute approximate surface area is 155 Å². The van der Waals surface area contributed by atoms with Gasteiger partial charge in [0, 0.05) is 29.2 Å². The minimum absolute atomic E-state index is 0. The minimum Gasteiger partial charge on any atom is -0.384 e. The van der Waals surface area contributed by atoms with Crippen molar-refractivity contribution in [1.82, 2.24) is 10.6 Å². The van der Waals surface area contributed by atoms with Crippen molar-refractivity contribution in [2.75, 3.05) is 33.4 Å². The van der Waals surface area contributed by atoms with Gasteiger partial charge in [0.2, 0.25) is 0 Å². The highest BCUT2D eigenvalue weighted by Gasteiger charge is 2.32. The Morgan fingerprint density at radius 3 is 2.62 bits per heavy atom. The van der Waals surface area contributed by atoms with Crippen LogP contribution in [0.4, 0.5) is 0 Å². The Hall–Kier alpha value is -0.750. The number of amides is 1. The largest absolute Gasteiger partial charge is 0.384 e. The molecule has 1 aliphatic heterocycles. The highest BCUT2D eigenvalue weighted by atomic mass is 35.5. The van der Waals surface area contributed by atoms with E-state index in [0.29, 0.717) is 18.4 Å². The van der Waals surface area contributed by atoms with Crippen molar-refractivity contribution >= 4 is 30.1 Å². The van der Waals surface area contributed by atoms with E-state index in [1.165, 1.54) is 0 Å². The Morgan fingerprint density at radius 2 is 2.00 bits per heavy atom. The number of methoxy groups -OCH3 is 1. The number of hydrogen-bond acceptors (Lipinski definition) is 4. The van der Waals surface area contributed by atoms with Gasteiger partial charge in [-0.1, -0.05) is 26.0 Å². The average molecular weight is 373 g/mol. The molecule has 2 N–H and O–H groups in total. The third-order valence-corrected chi connectivity index (χ3v) is 5.31. The lowest BCUT2D eigenvalue weighted by Crippen LogP contribution is -2.47. The maximum Gasteiger partial charge on any atom is 0.252 e. The van der Waals surface area contributed by atoms with Gasteiger partial charge in [-0.3, -0.25) is 4.79 Å². The van der Waals surface area contributed by atoms with Crippen LogP contribution in [-0.2, 0) is 4.74 Å². The maximum absolute atomic E-state index is 12.7. The van der Waals surface area contributed by atoms with Gasteiger partial charge in [0.05, 0.1) is 12.2 Å². The van der Waals surface area contributed by atoms with Crippen LogP contribution in [0.1, 0.15) is 37.0 Å². The van der Waals surface area contributed by atoms with Crippen LogP contribution in [0.25, 0.3) is 0 Å². The van der Waals surface area contributed by atoms with E-state index in [-0.39, 0.29) is 23.7 Å². The topological polar surface area (TPSA) is 50.4 Å². The third-order valence-electron chi connectivity index (χ3n) is 4.23. The fourth-order valence-electron chi connectivity index (χ4n) is 3.01. The summed E-state index contributed by atoms with van der Waals surface area (Å²) in [6, 6.07) is 7.84. The van der Waals surface area contributed by atoms with Gasteiger partial charge in [-0.15, -0.1) is 24.2 Å². The maximum atomic E-state index is 12.7. The van der Waals surface area contributed by atoms with Gasteiger partial charge in [-0.2, -0.15) is 0 Å². The van der Waals surface area contributed by atoms with Crippen LogP contribution in [0.15, 0.2) is 29.2 Å². The SMILES string of the molecule is COCC1(CNC(=O)c2ccccc2SC(C)C)CCNCC1.Cl. The van der Waals surface area contributed by atoms with E-state index < -0.39 is 0 Å². The lowest BCUT2D eigenvalue weighted by atomic mass is 9.79. The molecule has 1 heterocycles. The zero-order valence-electron chi connectivity index (χ0n) is 14.8. The molecule has 0 saturated carbocycles. The van der Waals surface area contributed by atoms with Crippen LogP contribution in [0, 0.1) is 5.41 Å². The number of carbonyl (C=O) groups is 1. The summed E-state index contributed by atoms with van der Waals surface area (Å²) in [6.07, 6.45) is 2.06. The van der Waals surface area contributed by atoms with Gasteiger partial charge in [0.1, 0.15) is 0 Å². The van der Waals surface area contributed by atoms with Crippen molar-refractivity contribution < 1.29 is 9.53 Å². The van der Waals surface area contributed by atoms with Crippen molar-refractivity contribution in [3.05, 3.63) is 29.8 Å². The molecule has 2 rings (SSSR count). The second-order valence-corrected chi connectivity index (χ2v) is 8.15. The summed E-state index contributed by atoms with van der Waals surface area (Å²) in [4.78, 5) is 13.7. The molecule has 6 heteroatoms. The monoisotopic (exact) mass is 372 g/mol. The van der Waals surface area contributed by atoms with Crippen molar-refractivity contribution in [1.29, 1.82) is 0 Å². The highest BCUT2D eigenvalue weighted by Crippen LogP contribution is 2.29. The number of ether oxygens (including phenoxy) is 1. The second kappa shape index (κ2) is 10.3. The quantitative estimate of drug-likeness (QED) is 0.720. The lowest BCUT2D eigenvalue weighted by molar-refractivity contribution is 0.0511. The third kappa shape index (κ3) is 5.96. The Balaban J connectivity index is 0.00000288. The number of benzene rings is 1. The molecule has 1 aromatic rings. The van der Waals surface area contributed by atoms with E-state index in [2.05, 4.69) is 24.5 Å². The number of piperidine rings is 1. The van der Waals surface area contributed by atoms with Crippen LogP contribution in [0.3, 0.4) is 0 Å². The van der Waals surface area contributed by atoms with Crippen molar-refractivity contribution in [2.45, 2.75) is 36.8 Å². The number of carbonyl (C=O) groups excluding carboxylic acids is 1. The van der Waals surface area contributed by atoms with Gasteiger partial charge in [-0.05, 0) is 38.1 Å². The summed E-state index contributed by atoms with van der Waals surface area (Å²) in [5.74, 6) is 0.0164. The molecule has 24 heavy (non-hydrogen) atoms. The van der Waals surface area contributed by atoms with E-state index in [4.69, 9.17) is 4.74 Å². The standard InChI is InChI=1S/C18H28N2O2S.ClH/c1-14(2)23-16-7-5-4-6-15(16)17(21)20-12-18(13-22-3)8-10-19-11-9-18;/h4-7,14,19H,8-13H2,1-3H3,(H,20,21);1H. The molecule has 1 aromatic carbocycles. The first-order chi connectivity index (χ1) is 11.1. The first-order valence-corrected chi connectivity index (χ1v) is 9.18. The smallest absolute Gasteiger partial charge is 0.252 e. The molecule has 1 saturated heterocycles. The Bertz CT molecular complexity index is 514. The summed E-state index contributed by atoms with van der Waals surface area (Å²) >= 11 is 1.73. The molecule has 0 unspecified atom stereocenters. The van der Waals surface area contributed by atoms with Gasteiger partial charge in [0.15, 0.2) is 0 Å². The minimum atomic E-state index is 0. The van der Waals surface area contributed by atoms with Crippen LogP contribution in [0.5, 0.6) is 0 Å². The number of halogens is 1. The second-order valence-electron chi connectivity index (χ2n) is 6.53. The van der Waals surface area contributed by atoms with Crippen molar-refractivity contribution in [3.63, 3.8) is 0 Å². The number of hydrogen-bond donors (Lipinski definition) is 2. The zero-order valence-corrected chi connectivity index (χ0v) is 16.4. The fraction of sp³-hybridized carbons (Fsp3) is 0.611. The average Bonchev–Trinajstić information content (AvgIpc) is 2.54. The molecule has 0 spiro atoms. The van der Waals surface area contributed by atoms with E-state index >= 15 is 0 Å². The van der Waals surface area contributed by atoms with Crippen molar-refractivity contribution in [2.24, 2.45) is 5.41 Å². The lowest BCUT2D eigenvalue weighted by Gasteiger charge is -2.37. The first-order valence-electron chi connectivity index (χ1n) is 8.30. The fourth-order valence-corrected chi connectivity index (χ4v) is 3.96. The summed E-state index contributed by atoms with van der Waals surface area (Å²) in [5, 5.41) is 6.98. The summed E-state index contributed by atoms with van der Waals surface area (Å²) in [7, 11) is 1.74. The molecule has 1 aliphatic rings. The molecule has 136 valence electrons. The van der Waals surface area contributed by atoms with Gasteiger partial charge >= 0.3 is 0 Å². The predicted octanol–water partition coefficient (Wildman–Crippen LogP) is 3.35. The van der Waals surface area contributed by atoms with Crippen LogP contribution < -0.4 is 10.6 Å². The normalized spacial score (nSPS) is 16.5. The predicted molar refractivity (Wildman–Crippen MR) is 103 cm³/mol. The number of thioether (sulfide) groups is 1. The van der Waals surface area contributed by atoms with E-state index in [9.17, 15) is 4.79 Å². The molecule has 0 radical (unpaired) electrons. The summed E-state index contributed by atoms with van der Waals surface area (Å²) < 4.78 is 5.42. The van der Waals surface area contributed by atoms with Gasteiger partial charge in [-0.25, -0.2) is 0 Å². The van der Waals surface area contributed by atoms with E-state index in [1.807, 2.05) is 24.3 Å². The molecular formula is C18H29ClN2O2S. The molecule has 0 aromatic heterocycles. The van der Waals surface area contributed by atoms with Crippen LogP contribution >= 0.6 is 24.2 Å². The summed E-state index contributed by atoms with van der Waals surface area (Å²) in [5.41, 5.74) is 0.822. The van der Waals surface area contributed by atoms with Crippen LogP contribution in [0.2, 0.25) is 0 Å². The Morgan fingerprint density at radius 1 is 1.33 bits per heavy atom. The molecule has 1 amide bonds. The van der Waals surface area contributed by atoms with Crippen molar-refractivity contribution in [3.8, 4) is 0 Å². The molecule has 0 bridgehead atoms. The Kier molecular flexibility index (Phi) is 9.13. The zero-order chi connectivity index (χ0) is 16.7. The van der Waals surface area contributed by atoms with E-state index in [1.54, 1.807) is 18.9 Å². The molecular weight excluding hydrogens is 344 g/mol. The molecule has 0 aliphatic carbocycles.